The van der Waals surface area contributed by atoms with Crippen molar-refractivity contribution >= 4 is 99.5 Å². The van der Waals surface area contributed by atoms with E-state index in [2.05, 4.69) is 410 Å². The molecule has 6 heteroatoms. The van der Waals surface area contributed by atoms with Gasteiger partial charge in [-0.3, -0.25) is 0 Å². The summed E-state index contributed by atoms with van der Waals surface area (Å²) in [5.74, 6) is 3.54. The Balaban J connectivity index is 0.000000134. The van der Waals surface area contributed by atoms with Crippen LogP contribution in [0.5, 0.6) is 23.0 Å². The van der Waals surface area contributed by atoms with Gasteiger partial charge in [0.1, 0.15) is 45.3 Å². The number of para-hydroxylation sites is 6. The Labute approximate surface area is 646 Å². The lowest BCUT2D eigenvalue weighted by atomic mass is 9.66. The lowest BCUT2D eigenvalue weighted by Crippen LogP contribution is -2.32. The highest BCUT2D eigenvalue weighted by atomic mass is 16.5. The van der Waals surface area contributed by atoms with Crippen molar-refractivity contribution in [2.24, 2.45) is 0 Å². The Morgan fingerprint density at radius 3 is 0.973 bits per heavy atom. The third-order valence-electron chi connectivity index (χ3n) is 23.8. The zero-order valence-electron chi connectivity index (χ0n) is 60.6. The average molecular weight is 1430 g/mol. The molecule has 0 amide bonds. The molecule has 4 aliphatic rings. The lowest BCUT2D eigenvalue weighted by molar-refractivity contribution is 0.436. The summed E-state index contributed by atoms with van der Waals surface area (Å²) in [6.45, 7) is 0. The molecule has 0 fully saturated rings. The monoisotopic (exact) mass is 1430 g/mol. The first-order valence-corrected chi connectivity index (χ1v) is 38.3. The second-order valence-electron chi connectivity index (χ2n) is 29.7. The first-order valence-electron chi connectivity index (χ1n) is 38.3. The number of nitrogens with zero attached hydrogens (tertiary/aromatic N) is 2. The fourth-order valence-corrected chi connectivity index (χ4v) is 18.9. The molecule has 2 aromatic heterocycles. The number of ether oxygens (including phenoxy) is 2. The van der Waals surface area contributed by atoms with Crippen LogP contribution >= 0.6 is 0 Å². The maximum atomic E-state index is 6.90. The van der Waals surface area contributed by atoms with Crippen molar-refractivity contribution in [2.45, 2.75) is 10.8 Å². The van der Waals surface area contributed by atoms with Gasteiger partial charge in [-0.25, -0.2) is 0 Å². The highest BCUT2D eigenvalue weighted by molar-refractivity contribution is 6.12. The summed E-state index contributed by atoms with van der Waals surface area (Å²) in [4.78, 5) is 4.63. The van der Waals surface area contributed by atoms with Crippen LogP contribution in [0.3, 0.4) is 0 Å². The van der Waals surface area contributed by atoms with Gasteiger partial charge in [-0.15, -0.1) is 0 Å². The Hall–Kier alpha value is -14.7. The van der Waals surface area contributed by atoms with Crippen LogP contribution in [0.2, 0.25) is 0 Å². The minimum Gasteiger partial charge on any atom is -0.457 e. The predicted molar refractivity (Wildman–Crippen MR) is 457 cm³/mol. The van der Waals surface area contributed by atoms with Crippen molar-refractivity contribution in [3.05, 3.63) is 445 Å². The third kappa shape index (κ3) is 9.58. The second-order valence-corrected chi connectivity index (χ2v) is 29.7. The Morgan fingerprint density at radius 2 is 0.509 bits per heavy atom. The van der Waals surface area contributed by atoms with Crippen LogP contribution in [0.25, 0.3) is 110 Å². The molecule has 24 rings (SSSR count). The topological polar surface area (TPSA) is 51.2 Å². The van der Waals surface area contributed by atoms with E-state index in [1.54, 1.807) is 0 Å². The van der Waals surface area contributed by atoms with Gasteiger partial charge in [0.05, 0.1) is 10.8 Å². The van der Waals surface area contributed by atoms with E-state index in [1.165, 1.54) is 88.3 Å². The summed E-state index contributed by atoms with van der Waals surface area (Å²) >= 11 is 0. The molecule has 0 saturated carbocycles. The molecule has 20 aromatic rings. The molecular weight excluding hydrogens is 1370 g/mol. The molecular formula is C106H66N2O4. The lowest BCUT2D eigenvalue weighted by Gasteiger charge is -2.39. The highest BCUT2D eigenvalue weighted by Gasteiger charge is 2.53. The molecule has 112 heavy (non-hydrogen) atoms. The third-order valence-corrected chi connectivity index (χ3v) is 23.8. The van der Waals surface area contributed by atoms with Crippen LogP contribution in [0.1, 0.15) is 44.5 Å². The number of furan rings is 2. The first-order chi connectivity index (χ1) is 55.5. The maximum absolute atomic E-state index is 6.90. The van der Waals surface area contributed by atoms with E-state index in [4.69, 9.17) is 18.3 Å². The van der Waals surface area contributed by atoms with Gasteiger partial charge >= 0.3 is 0 Å². The second kappa shape index (κ2) is 24.9. The molecule has 524 valence electrons. The number of rotatable bonds is 8. The summed E-state index contributed by atoms with van der Waals surface area (Å²) in [6.07, 6.45) is 0. The molecule has 0 unspecified atom stereocenters. The molecule has 18 aromatic carbocycles. The highest BCUT2D eigenvalue weighted by Crippen LogP contribution is 2.65. The largest absolute Gasteiger partial charge is 0.457 e. The van der Waals surface area contributed by atoms with Gasteiger partial charge in [-0.05, 0) is 228 Å². The number of benzene rings is 18. The SMILES string of the molecule is c1ccc(N(c2ccc(-c3ccc4ccccc4c3)cc2)c2ccc3c(c2)oc2cc4c(cc23)-c2ccccc2C42c3ccccc3Oc3ccccc32)cc1.c1ccc(N(c2ccc(-c3ccc4ccccc4c3)cc2)c2ccc3oc4cc5c(cc4c3c2)-c2ccccc2C52c3ccccc3Oc3ccccc32)cc1. The van der Waals surface area contributed by atoms with E-state index in [-0.39, 0.29) is 0 Å². The molecule has 2 aliphatic heterocycles. The molecule has 0 bridgehead atoms. The fourth-order valence-electron chi connectivity index (χ4n) is 18.9. The van der Waals surface area contributed by atoms with Crippen molar-refractivity contribution < 1.29 is 18.3 Å². The molecule has 0 atom stereocenters. The smallest absolute Gasteiger partial charge is 0.137 e. The van der Waals surface area contributed by atoms with Crippen LogP contribution in [0, 0.1) is 0 Å². The molecule has 6 nitrogen and oxygen atoms in total. The average Bonchev–Trinajstić information content (AvgIpc) is 1.51. The molecule has 2 spiro atoms. The normalized spacial score (nSPS) is 13.3. The van der Waals surface area contributed by atoms with Gasteiger partial charge < -0.3 is 28.1 Å². The van der Waals surface area contributed by atoms with Crippen molar-refractivity contribution in [1.82, 2.24) is 0 Å². The van der Waals surface area contributed by atoms with Crippen molar-refractivity contribution in [2.75, 3.05) is 9.80 Å². The summed E-state index contributed by atoms with van der Waals surface area (Å²) in [7, 11) is 0. The zero-order valence-corrected chi connectivity index (χ0v) is 60.6. The molecule has 0 N–H and O–H groups in total. The first kappa shape index (κ1) is 63.4. The Morgan fingerprint density at radius 1 is 0.179 bits per heavy atom. The van der Waals surface area contributed by atoms with E-state index in [1.807, 2.05) is 0 Å². The van der Waals surface area contributed by atoms with E-state index in [9.17, 15) is 0 Å². The molecule has 0 radical (unpaired) electrons. The number of fused-ring (bicyclic) bond motifs is 26. The van der Waals surface area contributed by atoms with Gasteiger partial charge in [0, 0.05) is 84.0 Å². The minimum absolute atomic E-state index is 0.543. The minimum atomic E-state index is -0.543. The predicted octanol–water partition coefficient (Wildman–Crippen LogP) is 28.7. The Bertz CT molecular complexity index is 7020. The summed E-state index contributed by atoms with van der Waals surface area (Å²) in [5, 5.41) is 9.36. The van der Waals surface area contributed by atoms with Crippen molar-refractivity contribution in [3.63, 3.8) is 0 Å². The van der Waals surface area contributed by atoms with Crippen LogP contribution in [-0.2, 0) is 10.8 Å². The van der Waals surface area contributed by atoms with E-state index in [0.29, 0.717) is 0 Å². The van der Waals surface area contributed by atoms with Crippen LogP contribution in [0.15, 0.2) is 409 Å². The van der Waals surface area contributed by atoms with Gasteiger partial charge in [0.25, 0.3) is 0 Å². The van der Waals surface area contributed by atoms with Gasteiger partial charge in [-0.1, -0.05) is 255 Å². The number of anilines is 6. The zero-order chi connectivity index (χ0) is 73.6. The van der Waals surface area contributed by atoms with Gasteiger partial charge in [0.2, 0.25) is 0 Å². The van der Waals surface area contributed by atoms with E-state index >= 15 is 0 Å². The van der Waals surface area contributed by atoms with Gasteiger partial charge in [-0.2, -0.15) is 0 Å². The standard InChI is InChI=1S/2C53H33NO2/c1-2-14-38(15-3-1)54(39-26-24-35(25-27-39)37-23-22-34-12-4-5-13-36(34)30-37)40-28-29-49-43(31-40)44-32-42-41-16-6-7-17-45(41)53(48(42)33-52(44)55-49)46-18-8-10-20-50(46)56-51-21-11-9-19-47(51)53;1-2-14-38(15-3-1)54(39-26-24-35(25-27-39)37-23-22-34-12-4-5-13-36(34)30-37)40-28-29-42-44-32-43-41-16-6-7-17-45(41)53(48(43)33-52(44)56-51(42)31-40)46-18-8-10-20-49(46)55-50-21-11-9-19-47(50)53/h2*1-33H. The molecule has 0 saturated heterocycles. The fraction of sp³-hybridized carbons (Fsp3) is 0.0189. The molecule has 4 heterocycles. The number of hydrogen-bond donors (Lipinski definition) is 0. The molecule has 2 aliphatic carbocycles. The quantitative estimate of drug-likeness (QED) is 0.151. The Kier molecular flexibility index (Phi) is 14.1. The van der Waals surface area contributed by atoms with E-state index in [0.717, 1.165) is 123 Å². The van der Waals surface area contributed by atoms with E-state index < -0.39 is 10.8 Å². The van der Waals surface area contributed by atoms with Crippen LogP contribution in [-0.4, -0.2) is 0 Å². The van der Waals surface area contributed by atoms with Gasteiger partial charge in [0.15, 0.2) is 0 Å². The summed E-state index contributed by atoms with van der Waals surface area (Å²) in [5.41, 5.74) is 28.0. The van der Waals surface area contributed by atoms with Crippen molar-refractivity contribution in [3.8, 4) is 67.5 Å². The summed E-state index contributed by atoms with van der Waals surface area (Å²) in [6, 6.07) is 143. The summed E-state index contributed by atoms with van der Waals surface area (Å²) < 4.78 is 26.8. The maximum Gasteiger partial charge on any atom is 0.137 e. The van der Waals surface area contributed by atoms with Crippen LogP contribution < -0.4 is 19.3 Å². The van der Waals surface area contributed by atoms with Crippen LogP contribution in [0.4, 0.5) is 34.1 Å². The van der Waals surface area contributed by atoms with Crippen molar-refractivity contribution in [1.29, 1.82) is 0 Å². The number of hydrogen-bond acceptors (Lipinski definition) is 6.